The lowest BCUT2D eigenvalue weighted by Crippen LogP contribution is -2.15. The molecule has 1 aliphatic carbocycles. The Labute approximate surface area is 66.8 Å². The van der Waals surface area contributed by atoms with Crippen LogP contribution in [0.25, 0.3) is 0 Å². The molecular formula is C9H13NO. The molecule has 0 saturated carbocycles. The first-order valence-electron chi connectivity index (χ1n) is 3.87. The Morgan fingerprint density at radius 2 is 2.27 bits per heavy atom. The Morgan fingerprint density at radius 3 is 2.82 bits per heavy atom. The first kappa shape index (κ1) is 8.05. The van der Waals surface area contributed by atoms with Gasteiger partial charge in [-0.2, -0.15) is 0 Å². The summed E-state index contributed by atoms with van der Waals surface area (Å²) in [6.45, 7) is 3.58. The Bertz CT molecular complexity index is 216. The summed E-state index contributed by atoms with van der Waals surface area (Å²) in [5, 5.41) is 0. The minimum atomic E-state index is 0.202. The predicted octanol–water partition coefficient (Wildman–Crippen LogP) is 1.53. The van der Waals surface area contributed by atoms with Crippen LogP contribution in [0.15, 0.2) is 23.9 Å². The summed E-state index contributed by atoms with van der Waals surface area (Å²) < 4.78 is 0. The number of hydrogen-bond acceptors (Lipinski definition) is 2. The first-order valence-corrected chi connectivity index (χ1v) is 3.87. The molecule has 2 N–H and O–H groups in total. The van der Waals surface area contributed by atoms with Crippen LogP contribution in [0.1, 0.15) is 25.7 Å². The van der Waals surface area contributed by atoms with Crippen molar-refractivity contribution in [1.29, 1.82) is 0 Å². The van der Waals surface area contributed by atoms with E-state index in [0.717, 1.165) is 24.1 Å². The van der Waals surface area contributed by atoms with Gasteiger partial charge in [-0.1, -0.05) is 6.08 Å². The largest absolute Gasteiger partial charge is 0.402 e. The van der Waals surface area contributed by atoms with Gasteiger partial charge in [-0.3, -0.25) is 4.79 Å². The minimum Gasteiger partial charge on any atom is -0.402 e. The second-order valence-corrected chi connectivity index (χ2v) is 2.77. The van der Waals surface area contributed by atoms with Crippen LogP contribution in [0.5, 0.6) is 0 Å². The van der Waals surface area contributed by atoms with Gasteiger partial charge in [0.25, 0.3) is 0 Å². The van der Waals surface area contributed by atoms with E-state index in [0.29, 0.717) is 12.8 Å². The Hall–Kier alpha value is -1.05. The molecule has 0 aromatic heterocycles. The number of carbonyl (C=O) groups is 1. The van der Waals surface area contributed by atoms with E-state index in [2.05, 4.69) is 6.58 Å². The van der Waals surface area contributed by atoms with E-state index in [4.69, 9.17) is 5.73 Å². The molecule has 0 amide bonds. The van der Waals surface area contributed by atoms with E-state index in [-0.39, 0.29) is 5.78 Å². The van der Waals surface area contributed by atoms with Crippen LogP contribution in [0.3, 0.4) is 0 Å². The standard InChI is InChI=1S/C9H13NO/c1-2-4-7-8(10)5-3-6-9(7)11/h2H,1,3-6,10H2. The van der Waals surface area contributed by atoms with E-state index in [1.54, 1.807) is 6.08 Å². The van der Waals surface area contributed by atoms with Crippen LogP contribution < -0.4 is 5.73 Å². The van der Waals surface area contributed by atoms with Gasteiger partial charge in [0.2, 0.25) is 0 Å². The number of allylic oxidation sites excluding steroid dienone is 3. The van der Waals surface area contributed by atoms with Crippen LogP contribution in [0.4, 0.5) is 0 Å². The molecule has 0 atom stereocenters. The summed E-state index contributed by atoms with van der Waals surface area (Å²) in [4.78, 5) is 11.2. The zero-order valence-corrected chi connectivity index (χ0v) is 6.60. The molecule has 0 spiro atoms. The maximum atomic E-state index is 11.2. The fraction of sp³-hybridized carbons (Fsp3) is 0.444. The number of nitrogens with two attached hydrogens (primary N) is 1. The maximum absolute atomic E-state index is 11.2. The van der Waals surface area contributed by atoms with Crippen LogP contribution in [0.2, 0.25) is 0 Å². The summed E-state index contributed by atoms with van der Waals surface area (Å²) in [7, 11) is 0. The van der Waals surface area contributed by atoms with Gasteiger partial charge in [0, 0.05) is 17.7 Å². The van der Waals surface area contributed by atoms with Crippen LogP contribution >= 0.6 is 0 Å². The number of ketones is 1. The van der Waals surface area contributed by atoms with Gasteiger partial charge in [-0.05, 0) is 19.3 Å². The van der Waals surface area contributed by atoms with Crippen molar-refractivity contribution in [2.45, 2.75) is 25.7 Å². The molecule has 2 heteroatoms. The quantitative estimate of drug-likeness (QED) is 0.608. The molecule has 1 rings (SSSR count). The van der Waals surface area contributed by atoms with Gasteiger partial charge in [0.05, 0.1) is 0 Å². The van der Waals surface area contributed by atoms with Crippen molar-refractivity contribution in [3.8, 4) is 0 Å². The number of carbonyl (C=O) groups excluding carboxylic acids is 1. The van der Waals surface area contributed by atoms with Crippen molar-refractivity contribution >= 4 is 5.78 Å². The van der Waals surface area contributed by atoms with Gasteiger partial charge in [0.15, 0.2) is 5.78 Å². The molecule has 0 aromatic carbocycles. The second-order valence-electron chi connectivity index (χ2n) is 2.77. The van der Waals surface area contributed by atoms with Gasteiger partial charge < -0.3 is 5.73 Å². The zero-order chi connectivity index (χ0) is 8.27. The predicted molar refractivity (Wildman–Crippen MR) is 44.9 cm³/mol. The van der Waals surface area contributed by atoms with Crippen molar-refractivity contribution < 1.29 is 4.79 Å². The fourth-order valence-electron chi connectivity index (χ4n) is 1.31. The molecule has 1 aliphatic rings. The van der Waals surface area contributed by atoms with E-state index >= 15 is 0 Å². The molecule has 0 bridgehead atoms. The summed E-state index contributed by atoms with van der Waals surface area (Å²) in [5.41, 5.74) is 7.22. The second kappa shape index (κ2) is 3.37. The van der Waals surface area contributed by atoms with Crippen molar-refractivity contribution in [2.75, 3.05) is 0 Å². The SMILES string of the molecule is C=CCC1=C(N)CCCC1=O. The molecule has 0 heterocycles. The maximum Gasteiger partial charge on any atom is 0.160 e. The Balaban J connectivity index is 2.81. The van der Waals surface area contributed by atoms with Gasteiger partial charge in [0.1, 0.15) is 0 Å². The summed E-state index contributed by atoms with van der Waals surface area (Å²) in [5.74, 6) is 0.202. The van der Waals surface area contributed by atoms with Gasteiger partial charge in [-0.15, -0.1) is 6.58 Å². The Kier molecular flexibility index (Phi) is 2.47. The summed E-state index contributed by atoms with van der Waals surface area (Å²) in [6.07, 6.45) is 4.79. The monoisotopic (exact) mass is 151 g/mol. The van der Waals surface area contributed by atoms with E-state index in [1.807, 2.05) is 0 Å². The van der Waals surface area contributed by atoms with Crippen LogP contribution in [-0.2, 0) is 4.79 Å². The molecule has 0 aliphatic heterocycles. The smallest absolute Gasteiger partial charge is 0.160 e. The highest BCUT2D eigenvalue weighted by Crippen LogP contribution is 2.20. The molecule has 2 nitrogen and oxygen atoms in total. The highest BCUT2D eigenvalue weighted by atomic mass is 16.1. The molecule has 11 heavy (non-hydrogen) atoms. The lowest BCUT2D eigenvalue weighted by Gasteiger charge is -2.14. The van der Waals surface area contributed by atoms with Gasteiger partial charge >= 0.3 is 0 Å². The number of hydrogen-bond donors (Lipinski definition) is 1. The third-order valence-electron chi connectivity index (χ3n) is 1.92. The molecule has 0 unspecified atom stereocenters. The lowest BCUT2D eigenvalue weighted by atomic mass is 9.93. The molecule has 0 fully saturated rings. The summed E-state index contributed by atoms with van der Waals surface area (Å²) >= 11 is 0. The third kappa shape index (κ3) is 1.70. The van der Waals surface area contributed by atoms with Crippen molar-refractivity contribution in [1.82, 2.24) is 0 Å². The third-order valence-corrected chi connectivity index (χ3v) is 1.92. The summed E-state index contributed by atoms with van der Waals surface area (Å²) in [6, 6.07) is 0. The number of rotatable bonds is 2. The molecule has 0 radical (unpaired) electrons. The van der Waals surface area contributed by atoms with Crippen LogP contribution in [-0.4, -0.2) is 5.78 Å². The van der Waals surface area contributed by atoms with Crippen LogP contribution in [0, 0.1) is 0 Å². The molecule has 60 valence electrons. The van der Waals surface area contributed by atoms with Crippen molar-refractivity contribution in [3.63, 3.8) is 0 Å². The lowest BCUT2D eigenvalue weighted by molar-refractivity contribution is -0.116. The highest BCUT2D eigenvalue weighted by molar-refractivity contribution is 5.96. The van der Waals surface area contributed by atoms with Gasteiger partial charge in [-0.25, -0.2) is 0 Å². The van der Waals surface area contributed by atoms with E-state index in [1.165, 1.54) is 0 Å². The topological polar surface area (TPSA) is 43.1 Å². The highest BCUT2D eigenvalue weighted by Gasteiger charge is 2.16. The average molecular weight is 151 g/mol. The Morgan fingerprint density at radius 1 is 1.55 bits per heavy atom. The van der Waals surface area contributed by atoms with Crippen molar-refractivity contribution in [2.24, 2.45) is 5.73 Å². The normalized spacial score (nSPS) is 18.7. The van der Waals surface area contributed by atoms with E-state index < -0.39 is 0 Å². The average Bonchev–Trinajstić information content (AvgIpc) is 1.97. The molecule has 0 saturated heterocycles. The molecule has 0 aromatic rings. The zero-order valence-electron chi connectivity index (χ0n) is 6.60. The minimum absolute atomic E-state index is 0.202. The molecular weight excluding hydrogens is 138 g/mol. The first-order chi connectivity index (χ1) is 5.25. The number of Topliss-reactive ketones (excluding diaryl/α,β-unsaturated/α-hetero) is 1. The van der Waals surface area contributed by atoms with Crippen molar-refractivity contribution in [3.05, 3.63) is 23.9 Å². The fourth-order valence-corrected chi connectivity index (χ4v) is 1.31. The van der Waals surface area contributed by atoms with E-state index in [9.17, 15) is 4.79 Å².